The van der Waals surface area contributed by atoms with Gasteiger partial charge in [0.15, 0.2) is 9.84 Å². The highest BCUT2D eigenvalue weighted by atomic mass is 32.2. The van der Waals surface area contributed by atoms with Gasteiger partial charge in [0.2, 0.25) is 0 Å². The van der Waals surface area contributed by atoms with E-state index < -0.39 is 14.6 Å². The van der Waals surface area contributed by atoms with E-state index in [2.05, 4.69) is 10.3 Å². The molecule has 1 saturated carbocycles. The summed E-state index contributed by atoms with van der Waals surface area (Å²) in [5.74, 6) is 0.163. The van der Waals surface area contributed by atoms with Crippen LogP contribution in [-0.2, 0) is 9.84 Å². The average Bonchev–Trinajstić information content (AvgIpc) is 3.04. The van der Waals surface area contributed by atoms with Crippen LogP contribution in [0.15, 0.2) is 5.51 Å². The Morgan fingerprint density at radius 2 is 2.05 bits per heavy atom. The van der Waals surface area contributed by atoms with Crippen LogP contribution in [-0.4, -0.2) is 36.9 Å². The second kappa shape index (κ2) is 6.04. The normalized spacial score (nSPS) is 17.1. The summed E-state index contributed by atoms with van der Waals surface area (Å²) in [5.41, 5.74) is 2.58. The number of rotatable bonds is 5. The van der Waals surface area contributed by atoms with Gasteiger partial charge in [0.25, 0.3) is 5.91 Å². The summed E-state index contributed by atoms with van der Waals surface area (Å²) in [6.45, 7) is 3.34. The number of amides is 1. The Labute approximate surface area is 130 Å². The molecule has 1 heterocycles. The molecule has 1 N–H and O–H groups in total. The van der Waals surface area contributed by atoms with Crippen molar-refractivity contribution in [2.45, 2.75) is 50.2 Å². The van der Waals surface area contributed by atoms with E-state index in [-0.39, 0.29) is 12.5 Å². The molecule has 7 heteroatoms. The number of carbonyl (C=O) groups excluding carboxylic acids is 1. The Hall–Kier alpha value is -0.950. The number of aromatic nitrogens is 1. The summed E-state index contributed by atoms with van der Waals surface area (Å²) < 4.78 is 22.4. The first-order valence-electron chi connectivity index (χ1n) is 7.13. The predicted molar refractivity (Wildman–Crippen MR) is 84.6 cm³/mol. The van der Waals surface area contributed by atoms with Crippen molar-refractivity contribution in [1.82, 2.24) is 10.3 Å². The van der Waals surface area contributed by atoms with Crippen molar-refractivity contribution in [2.24, 2.45) is 0 Å². The van der Waals surface area contributed by atoms with Crippen LogP contribution in [0.1, 0.15) is 60.8 Å². The molecule has 0 unspecified atom stereocenters. The zero-order valence-corrected chi connectivity index (χ0v) is 14.3. The van der Waals surface area contributed by atoms with E-state index in [1.54, 1.807) is 19.4 Å². The quantitative estimate of drug-likeness (QED) is 0.899. The van der Waals surface area contributed by atoms with Gasteiger partial charge in [0, 0.05) is 18.7 Å². The summed E-state index contributed by atoms with van der Waals surface area (Å²) in [6.07, 6.45) is 5.72. The monoisotopic (exact) mass is 330 g/mol. The van der Waals surface area contributed by atoms with Crippen molar-refractivity contribution in [3.8, 4) is 0 Å². The molecule has 0 bridgehead atoms. The van der Waals surface area contributed by atoms with E-state index in [4.69, 9.17) is 0 Å². The summed E-state index contributed by atoms with van der Waals surface area (Å²) in [5, 5.41) is 2.75. The summed E-state index contributed by atoms with van der Waals surface area (Å²) in [4.78, 5) is 17.3. The van der Waals surface area contributed by atoms with Crippen LogP contribution in [0.3, 0.4) is 0 Å². The molecule has 2 rings (SSSR count). The van der Waals surface area contributed by atoms with Crippen LogP contribution in [0.2, 0.25) is 0 Å². The van der Waals surface area contributed by atoms with Crippen LogP contribution in [0.4, 0.5) is 0 Å². The largest absolute Gasteiger partial charge is 0.350 e. The maximum absolute atomic E-state index is 12.3. The molecule has 0 aliphatic heterocycles. The fourth-order valence-electron chi connectivity index (χ4n) is 2.42. The maximum atomic E-state index is 12.3. The molecule has 0 spiro atoms. The summed E-state index contributed by atoms with van der Waals surface area (Å²) >= 11 is 1.33. The Balaban J connectivity index is 2.06. The Morgan fingerprint density at radius 1 is 1.43 bits per heavy atom. The molecule has 21 heavy (non-hydrogen) atoms. The molecule has 0 saturated heterocycles. The molecular formula is C14H22N2O3S2. The fourth-order valence-corrected chi connectivity index (χ4v) is 3.54. The summed E-state index contributed by atoms with van der Waals surface area (Å²) in [6, 6.07) is 0. The first kappa shape index (κ1) is 16.4. The third-order valence-corrected chi connectivity index (χ3v) is 7.21. The highest BCUT2D eigenvalue weighted by Gasteiger charge is 2.32. The van der Waals surface area contributed by atoms with E-state index in [0.29, 0.717) is 10.8 Å². The van der Waals surface area contributed by atoms with Crippen molar-refractivity contribution >= 4 is 27.1 Å². The minimum atomic E-state index is -3.22. The van der Waals surface area contributed by atoms with E-state index in [0.717, 1.165) is 18.5 Å². The highest BCUT2D eigenvalue weighted by Crippen LogP contribution is 2.36. The van der Waals surface area contributed by atoms with Crippen LogP contribution in [0, 0.1) is 0 Å². The van der Waals surface area contributed by atoms with E-state index >= 15 is 0 Å². The standard InChI is InChI=1S/C14H22N2O3S2/c1-14(2,21(3,18)19)8-15-13(17)12-11(16-9-20-12)10-6-4-5-7-10/h9-10H,4-8H2,1-3H3,(H,15,17). The summed E-state index contributed by atoms with van der Waals surface area (Å²) in [7, 11) is -3.22. The number of hydrogen-bond acceptors (Lipinski definition) is 5. The number of nitrogens with one attached hydrogen (secondary N) is 1. The molecule has 1 aliphatic carbocycles. The minimum Gasteiger partial charge on any atom is -0.350 e. The van der Waals surface area contributed by atoms with Crippen LogP contribution >= 0.6 is 11.3 Å². The van der Waals surface area contributed by atoms with Gasteiger partial charge in [-0.3, -0.25) is 4.79 Å². The van der Waals surface area contributed by atoms with Gasteiger partial charge in [-0.2, -0.15) is 0 Å². The van der Waals surface area contributed by atoms with Crippen LogP contribution in [0.5, 0.6) is 0 Å². The lowest BCUT2D eigenvalue weighted by Gasteiger charge is -2.22. The first-order valence-corrected chi connectivity index (χ1v) is 9.90. The molecule has 0 aromatic carbocycles. The Kier molecular flexibility index (Phi) is 4.72. The molecular weight excluding hydrogens is 308 g/mol. The average molecular weight is 330 g/mol. The van der Waals surface area contributed by atoms with Gasteiger partial charge >= 0.3 is 0 Å². The Morgan fingerprint density at radius 3 is 2.62 bits per heavy atom. The second-order valence-corrected chi connectivity index (χ2v) is 9.77. The second-order valence-electron chi connectivity index (χ2n) is 6.26. The topological polar surface area (TPSA) is 76.1 Å². The van der Waals surface area contributed by atoms with Crippen molar-refractivity contribution in [3.05, 3.63) is 16.1 Å². The molecule has 1 amide bonds. The predicted octanol–water partition coefficient (Wildman–Crippen LogP) is 2.35. The lowest BCUT2D eigenvalue weighted by Crippen LogP contribution is -2.43. The van der Waals surface area contributed by atoms with E-state index in [9.17, 15) is 13.2 Å². The van der Waals surface area contributed by atoms with Crippen molar-refractivity contribution in [2.75, 3.05) is 12.8 Å². The third kappa shape index (κ3) is 3.63. The fraction of sp³-hybridized carbons (Fsp3) is 0.714. The van der Waals surface area contributed by atoms with Crippen molar-refractivity contribution in [1.29, 1.82) is 0 Å². The lowest BCUT2D eigenvalue weighted by atomic mass is 10.0. The number of nitrogens with zero attached hydrogens (tertiary/aromatic N) is 1. The van der Waals surface area contributed by atoms with Gasteiger partial charge in [-0.15, -0.1) is 11.3 Å². The molecule has 0 radical (unpaired) electrons. The zero-order chi connectivity index (χ0) is 15.7. The SMILES string of the molecule is CC(C)(CNC(=O)c1scnc1C1CCCC1)S(C)(=O)=O. The maximum Gasteiger partial charge on any atom is 0.263 e. The first-order chi connectivity index (χ1) is 9.72. The van der Waals surface area contributed by atoms with Gasteiger partial charge in [0.05, 0.1) is 16.0 Å². The van der Waals surface area contributed by atoms with Gasteiger partial charge in [0.1, 0.15) is 4.88 Å². The number of sulfone groups is 1. The Bertz CT molecular complexity index is 614. The molecule has 1 aliphatic rings. The van der Waals surface area contributed by atoms with E-state index in [1.165, 1.54) is 30.4 Å². The molecule has 1 aromatic heterocycles. The molecule has 1 fully saturated rings. The van der Waals surface area contributed by atoms with Gasteiger partial charge in [-0.1, -0.05) is 12.8 Å². The van der Waals surface area contributed by atoms with Gasteiger partial charge < -0.3 is 5.32 Å². The third-order valence-electron chi connectivity index (χ3n) is 4.22. The van der Waals surface area contributed by atoms with E-state index in [1.807, 2.05) is 0 Å². The minimum absolute atomic E-state index is 0.104. The zero-order valence-electron chi connectivity index (χ0n) is 12.7. The molecule has 1 aromatic rings. The van der Waals surface area contributed by atoms with Gasteiger partial charge in [-0.05, 0) is 26.7 Å². The van der Waals surface area contributed by atoms with Crippen molar-refractivity contribution in [3.63, 3.8) is 0 Å². The van der Waals surface area contributed by atoms with Crippen LogP contribution in [0.25, 0.3) is 0 Å². The van der Waals surface area contributed by atoms with Crippen LogP contribution < -0.4 is 5.32 Å². The molecule has 0 atom stereocenters. The van der Waals surface area contributed by atoms with Crippen molar-refractivity contribution < 1.29 is 13.2 Å². The lowest BCUT2D eigenvalue weighted by molar-refractivity contribution is 0.0953. The highest BCUT2D eigenvalue weighted by molar-refractivity contribution is 7.92. The molecule has 118 valence electrons. The van der Waals surface area contributed by atoms with Gasteiger partial charge in [-0.25, -0.2) is 13.4 Å². The molecule has 5 nitrogen and oxygen atoms in total. The smallest absolute Gasteiger partial charge is 0.263 e. The number of thiazole rings is 1. The number of hydrogen-bond donors (Lipinski definition) is 1. The number of carbonyl (C=O) groups is 1.